The minimum absolute atomic E-state index is 0.000000000000000222. The fraction of sp³-hybridized carbons (Fsp3) is 1.00. The Morgan fingerprint density at radius 3 is 2.38 bits per heavy atom. The highest BCUT2D eigenvalue weighted by molar-refractivity contribution is 7.13. The van der Waals surface area contributed by atoms with Crippen LogP contribution in [-0.4, -0.2) is 17.4 Å². The Hall–Kier alpha value is 0.310. The zero-order chi connectivity index (χ0) is 6.57. The molecule has 0 aromatic rings. The molecule has 0 fully saturated rings. The number of aliphatic hydroxyl groups is 1. The largest absolute Gasteiger partial charge is 0.377 e. The van der Waals surface area contributed by atoms with Crippen LogP contribution in [0.1, 0.15) is 13.3 Å². The van der Waals surface area contributed by atoms with E-state index >= 15 is 0 Å². The molecule has 8 heavy (non-hydrogen) atoms. The third-order valence-corrected chi connectivity index (χ3v) is 1.49. The molecule has 0 aliphatic carbocycles. The van der Waals surface area contributed by atoms with Gasteiger partial charge < -0.3 is 10.8 Å². The van der Waals surface area contributed by atoms with E-state index in [2.05, 4.69) is 14.5 Å². The molecule has 0 aromatic heterocycles. The van der Waals surface area contributed by atoms with Gasteiger partial charge in [-0.1, -0.05) is 16.3 Å². The van der Waals surface area contributed by atoms with Gasteiger partial charge in [0.2, 0.25) is 0 Å². The van der Waals surface area contributed by atoms with E-state index in [0.29, 0.717) is 0 Å². The first-order chi connectivity index (χ1) is 3.72. The van der Waals surface area contributed by atoms with Gasteiger partial charge >= 0.3 is 0 Å². The quantitative estimate of drug-likeness (QED) is 0.359. The standard InChI is InChI=1S/C4H13N2OP/c1-2-3(6-8)4(5)7/h3-4,6-7H,2,5,8H2,1H3/t3-,4?/m0/s1. The van der Waals surface area contributed by atoms with Gasteiger partial charge in [-0.25, -0.2) is 0 Å². The number of nitrogens with two attached hydrogens (primary N) is 1. The Bertz CT molecular complexity index is 56.0. The van der Waals surface area contributed by atoms with E-state index in [4.69, 9.17) is 10.8 Å². The van der Waals surface area contributed by atoms with Crippen LogP contribution in [0.25, 0.3) is 0 Å². The lowest BCUT2D eigenvalue weighted by molar-refractivity contribution is 0.143. The fourth-order valence-corrected chi connectivity index (χ4v) is 0.891. The first kappa shape index (κ1) is 8.31. The van der Waals surface area contributed by atoms with Crippen molar-refractivity contribution in [2.45, 2.75) is 25.6 Å². The summed E-state index contributed by atoms with van der Waals surface area (Å²) in [6.07, 6.45) is 0.0822. The van der Waals surface area contributed by atoms with Crippen molar-refractivity contribution in [3.05, 3.63) is 0 Å². The molecule has 0 bridgehead atoms. The fourth-order valence-electron chi connectivity index (χ4n) is 0.458. The molecule has 0 radical (unpaired) electrons. The maximum Gasteiger partial charge on any atom is 0.118 e. The second kappa shape index (κ2) is 4.21. The average Bonchev–Trinajstić information content (AvgIpc) is 1.69. The van der Waals surface area contributed by atoms with E-state index in [1.165, 1.54) is 0 Å². The Labute approximate surface area is 51.9 Å². The van der Waals surface area contributed by atoms with Crippen LogP contribution in [0.15, 0.2) is 0 Å². The molecule has 0 spiro atoms. The van der Waals surface area contributed by atoms with E-state index in [0.717, 1.165) is 6.42 Å². The zero-order valence-corrected chi connectivity index (χ0v) is 6.12. The Morgan fingerprint density at radius 2 is 2.38 bits per heavy atom. The molecular formula is C4H13N2OP. The summed E-state index contributed by atoms with van der Waals surface area (Å²) < 4.78 is 0. The molecule has 50 valence electrons. The monoisotopic (exact) mass is 136 g/mol. The van der Waals surface area contributed by atoms with Crippen LogP contribution in [0.4, 0.5) is 0 Å². The molecule has 0 aliphatic rings. The molecule has 3 atom stereocenters. The first-order valence-corrected chi connectivity index (χ1v) is 3.19. The molecule has 0 heterocycles. The third-order valence-electron chi connectivity index (χ3n) is 1.07. The second-order valence-corrected chi connectivity index (χ2v) is 2.01. The van der Waals surface area contributed by atoms with E-state index in [1.54, 1.807) is 0 Å². The van der Waals surface area contributed by atoms with Crippen molar-refractivity contribution in [3.8, 4) is 0 Å². The van der Waals surface area contributed by atoms with Crippen LogP contribution >= 0.6 is 9.39 Å². The van der Waals surface area contributed by atoms with E-state index in [1.807, 2.05) is 6.92 Å². The second-order valence-electron chi connectivity index (χ2n) is 1.67. The third kappa shape index (κ3) is 2.58. The van der Waals surface area contributed by atoms with E-state index in [9.17, 15) is 0 Å². The van der Waals surface area contributed by atoms with Crippen LogP contribution in [0.3, 0.4) is 0 Å². The highest BCUT2D eigenvalue weighted by Crippen LogP contribution is 1.94. The molecule has 0 saturated heterocycles. The van der Waals surface area contributed by atoms with Crippen LogP contribution < -0.4 is 10.8 Å². The van der Waals surface area contributed by atoms with Gasteiger partial charge in [-0.15, -0.1) is 0 Å². The summed E-state index contributed by atoms with van der Waals surface area (Å²) in [4.78, 5) is 0. The normalized spacial score (nSPS) is 18.0. The Kier molecular flexibility index (Phi) is 4.38. The lowest BCUT2D eigenvalue weighted by Crippen LogP contribution is -2.40. The van der Waals surface area contributed by atoms with Gasteiger partial charge in [0.05, 0.1) is 0 Å². The summed E-state index contributed by atoms with van der Waals surface area (Å²) in [5.41, 5.74) is 5.14. The van der Waals surface area contributed by atoms with Crippen molar-refractivity contribution in [1.29, 1.82) is 0 Å². The summed E-state index contributed by atoms with van der Waals surface area (Å²) in [5.74, 6) is 0. The molecule has 0 aliphatic heterocycles. The molecule has 0 rings (SSSR count). The predicted molar refractivity (Wildman–Crippen MR) is 37.1 cm³/mol. The van der Waals surface area contributed by atoms with Crippen molar-refractivity contribution in [2.75, 3.05) is 0 Å². The number of aliphatic hydroxyl groups excluding tert-OH is 1. The summed E-state index contributed by atoms with van der Waals surface area (Å²) in [6.45, 7) is 1.96. The van der Waals surface area contributed by atoms with Gasteiger partial charge in [0.25, 0.3) is 0 Å². The van der Waals surface area contributed by atoms with Gasteiger partial charge in [0.1, 0.15) is 6.23 Å². The number of nitrogens with one attached hydrogen (secondary N) is 1. The van der Waals surface area contributed by atoms with Gasteiger partial charge in [-0.2, -0.15) is 0 Å². The van der Waals surface area contributed by atoms with Crippen LogP contribution in [0.2, 0.25) is 0 Å². The lowest BCUT2D eigenvalue weighted by Gasteiger charge is -2.15. The van der Waals surface area contributed by atoms with Crippen molar-refractivity contribution in [1.82, 2.24) is 5.09 Å². The molecule has 0 saturated carbocycles. The first-order valence-electron chi connectivity index (χ1n) is 2.62. The highest BCUT2D eigenvalue weighted by Gasteiger charge is 2.08. The maximum atomic E-state index is 8.71. The molecule has 4 N–H and O–H groups in total. The number of hydrogen-bond donors (Lipinski definition) is 3. The molecule has 0 aromatic carbocycles. The van der Waals surface area contributed by atoms with Gasteiger partial charge in [0.15, 0.2) is 0 Å². The SMILES string of the molecule is CC[C@H](NP)C(N)O. The summed E-state index contributed by atoms with van der Waals surface area (Å²) in [6, 6.07) is -0.000000000000000222. The van der Waals surface area contributed by atoms with Gasteiger partial charge in [0, 0.05) is 6.04 Å². The van der Waals surface area contributed by atoms with Crippen molar-refractivity contribution < 1.29 is 5.11 Å². The minimum Gasteiger partial charge on any atom is -0.377 e. The highest BCUT2D eigenvalue weighted by atomic mass is 31.0. The van der Waals surface area contributed by atoms with Crippen molar-refractivity contribution in [2.24, 2.45) is 5.73 Å². The van der Waals surface area contributed by atoms with E-state index in [-0.39, 0.29) is 6.04 Å². The topological polar surface area (TPSA) is 58.3 Å². The number of hydrogen-bond acceptors (Lipinski definition) is 3. The number of rotatable bonds is 3. The van der Waals surface area contributed by atoms with E-state index < -0.39 is 6.23 Å². The molecular weight excluding hydrogens is 123 g/mol. The zero-order valence-electron chi connectivity index (χ0n) is 4.96. The summed E-state index contributed by atoms with van der Waals surface area (Å²) in [5, 5.41) is 11.5. The molecule has 3 nitrogen and oxygen atoms in total. The van der Waals surface area contributed by atoms with Crippen LogP contribution in [-0.2, 0) is 0 Å². The smallest absolute Gasteiger partial charge is 0.118 e. The Balaban J connectivity index is 3.35. The summed E-state index contributed by atoms with van der Waals surface area (Å²) in [7, 11) is 2.32. The predicted octanol–water partition coefficient (Wildman–Crippen LogP) is -0.578. The Morgan fingerprint density at radius 1 is 1.88 bits per heavy atom. The van der Waals surface area contributed by atoms with Gasteiger partial charge in [-0.3, -0.25) is 5.09 Å². The summed E-state index contributed by atoms with van der Waals surface area (Å²) >= 11 is 0. The minimum atomic E-state index is -0.752. The van der Waals surface area contributed by atoms with Gasteiger partial charge in [-0.05, 0) is 6.42 Å². The van der Waals surface area contributed by atoms with Crippen LogP contribution in [0.5, 0.6) is 0 Å². The van der Waals surface area contributed by atoms with Crippen LogP contribution in [0, 0.1) is 0 Å². The molecule has 2 unspecified atom stereocenters. The molecule has 4 heteroatoms. The maximum absolute atomic E-state index is 8.71. The van der Waals surface area contributed by atoms with Crippen molar-refractivity contribution in [3.63, 3.8) is 0 Å². The lowest BCUT2D eigenvalue weighted by atomic mass is 10.2. The average molecular weight is 136 g/mol. The molecule has 0 amide bonds. The van der Waals surface area contributed by atoms with Crippen molar-refractivity contribution >= 4 is 9.39 Å².